The maximum absolute atomic E-state index is 9.04. The quantitative estimate of drug-likeness (QED) is 0.712. The summed E-state index contributed by atoms with van der Waals surface area (Å²) >= 11 is 0. The highest BCUT2D eigenvalue weighted by molar-refractivity contribution is 4.91. The maximum Gasteiger partial charge on any atom is 0.0448 e. The normalized spacial score (nSPS) is 33.2. The molecule has 0 heterocycles. The summed E-state index contributed by atoms with van der Waals surface area (Å²) in [4.78, 5) is 0. The van der Waals surface area contributed by atoms with Crippen LogP contribution in [-0.2, 0) is 0 Å². The molecule has 2 N–H and O–H groups in total. The number of aliphatic hydroxyl groups is 1. The van der Waals surface area contributed by atoms with Gasteiger partial charge >= 0.3 is 0 Å². The second kappa shape index (κ2) is 5.72. The molecule has 0 unspecified atom stereocenters. The van der Waals surface area contributed by atoms with Gasteiger partial charge in [-0.15, -0.1) is 0 Å². The van der Waals surface area contributed by atoms with Crippen LogP contribution in [0.15, 0.2) is 0 Å². The zero-order valence-electron chi connectivity index (χ0n) is 9.68. The maximum atomic E-state index is 9.04. The predicted octanol–water partition coefficient (Wildman–Crippen LogP) is 2.32. The minimum Gasteiger partial charge on any atom is -0.396 e. The summed E-state index contributed by atoms with van der Waals surface area (Å²) in [5, 5.41) is 12.5. The molecule has 0 aromatic heterocycles. The van der Waals surface area contributed by atoms with Crippen molar-refractivity contribution in [3.8, 4) is 0 Å². The summed E-state index contributed by atoms with van der Waals surface area (Å²) < 4.78 is 0. The lowest BCUT2D eigenvalue weighted by Crippen LogP contribution is -2.46. The van der Waals surface area contributed by atoms with E-state index in [-0.39, 0.29) is 5.54 Å². The summed E-state index contributed by atoms with van der Waals surface area (Å²) in [5.74, 6) is 0.945. The molecule has 1 saturated carbocycles. The molecule has 0 aromatic rings. The van der Waals surface area contributed by atoms with Gasteiger partial charge in [0.25, 0.3) is 0 Å². The smallest absolute Gasteiger partial charge is 0.0448 e. The van der Waals surface area contributed by atoms with Gasteiger partial charge in [0.2, 0.25) is 0 Å². The minimum atomic E-state index is 0.249. The van der Waals surface area contributed by atoms with Crippen molar-refractivity contribution in [1.29, 1.82) is 0 Å². The third-order valence-corrected chi connectivity index (χ3v) is 3.88. The monoisotopic (exact) mass is 199 g/mol. The highest BCUT2D eigenvalue weighted by Gasteiger charge is 2.32. The molecule has 14 heavy (non-hydrogen) atoms. The van der Waals surface area contributed by atoms with Crippen LogP contribution in [0.5, 0.6) is 0 Å². The fourth-order valence-electron chi connectivity index (χ4n) is 2.77. The Kier molecular flexibility index (Phi) is 4.90. The van der Waals surface area contributed by atoms with Crippen molar-refractivity contribution in [1.82, 2.24) is 5.32 Å². The van der Waals surface area contributed by atoms with E-state index in [2.05, 4.69) is 12.2 Å². The van der Waals surface area contributed by atoms with Gasteiger partial charge in [-0.25, -0.2) is 0 Å². The first-order chi connectivity index (χ1) is 6.76. The van der Waals surface area contributed by atoms with Crippen molar-refractivity contribution in [3.63, 3.8) is 0 Å². The van der Waals surface area contributed by atoms with Crippen LogP contribution in [0.1, 0.15) is 51.9 Å². The zero-order valence-corrected chi connectivity index (χ0v) is 9.68. The Bertz CT molecular complexity index is 150. The van der Waals surface area contributed by atoms with Crippen LogP contribution in [0, 0.1) is 5.92 Å². The summed E-state index contributed by atoms with van der Waals surface area (Å²) in [7, 11) is 2.04. The second-order valence-corrected chi connectivity index (χ2v) is 4.74. The van der Waals surface area contributed by atoms with Crippen LogP contribution in [0.2, 0.25) is 0 Å². The largest absolute Gasteiger partial charge is 0.396 e. The zero-order chi connectivity index (χ0) is 10.4. The van der Waals surface area contributed by atoms with Crippen molar-refractivity contribution < 1.29 is 5.11 Å². The molecule has 0 saturated heterocycles. The lowest BCUT2D eigenvalue weighted by Gasteiger charge is -2.40. The molecular formula is C12H25NO. The molecule has 0 aliphatic heterocycles. The van der Waals surface area contributed by atoms with Crippen LogP contribution < -0.4 is 5.32 Å². The Morgan fingerprint density at radius 1 is 1.36 bits per heavy atom. The van der Waals surface area contributed by atoms with E-state index >= 15 is 0 Å². The van der Waals surface area contributed by atoms with E-state index < -0.39 is 0 Å². The molecular weight excluding hydrogens is 174 g/mol. The van der Waals surface area contributed by atoms with E-state index in [0.29, 0.717) is 6.61 Å². The Labute approximate surface area is 88.1 Å². The molecule has 0 aromatic carbocycles. The molecule has 2 nitrogen and oxygen atoms in total. The number of nitrogens with one attached hydrogen (secondary N) is 1. The van der Waals surface area contributed by atoms with Gasteiger partial charge < -0.3 is 10.4 Å². The third-order valence-electron chi connectivity index (χ3n) is 3.88. The van der Waals surface area contributed by atoms with Crippen LogP contribution >= 0.6 is 0 Å². The Morgan fingerprint density at radius 3 is 2.43 bits per heavy atom. The first kappa shape index (κ1) is 12.0. The molecule has 1 aliphatic carbocycles. The van der Waals surface area contributed by atoms with E-state index in [9.17, 15) is 0 Å². The van der Waals surface area contributed by atoms with Gasteiger partial charge in [0, 0.05) is 12.1 Å². The SMILES string of the molecule is CCCC1CCC(CCO)(NC)CC1. The molecule has 0 atom stereocenters. The molecule has 0 spiro atoms. The van der Waals surface area contributed by atoms with Crippen molar-refractivity contribution >= 4 is 0 Å². The fourth-order valence-corrected chi connectivity index (χ4v) is 2.77. The van der Waals surface area contributed by atoms with E-state index in [4.69, 9.17) is 5.11 Å². The van der Waals surface area contributed by atoms with E-state index in [1.807, 2.05) is 7.05 Å². The van der Waals surface area contributed by atoms with Crippen molar-refractivity contribution in [2.24, 2.45) is 5.92 Å². The van der Waals surface area contributed by atoms with Gasteiger partial charge in [0.1, 0.15) is 0 Å². The number of hydrogen-bond acceptors (Lipinski definition) is 2. The molecule has 2 heteroatoms. The molecule has 1 aliphatic rings. The van der Waals surface area contributed by atoms with Gasteiger partial charge in [0.15, 0.2) is 0 Å². The Balaban J connectivity index is 2.38. The molecule has 1 fully saturated rings. The first-order valence-electron chi connectivity index (χ1n) is 6.06. The van der Waals surface area contributed by atoms with Crippen molar-refractivity contribution in [3.05, 3.63) is 0 Å². The average Bonchev–Trinajstić information content (AvgIpc) is 2.22. The van der Waals surface area contributed by atoms with Gasteiger partial charge in [-0.3, -0.25) is 0 Å². The van der Waals surface area contributed by atoms with Gasteiger partial charge in [0.05, 0.1) is 0 Å². The van der Waals surface area contributed by atoms with Crippen molar-refractivity contribution in [2.45, 2.75) is 57.4 Å². The number of hydrogen-bond donors (Lipinski definition) is 2. The molecule has 1 rings (SSSR count). The summed E-state index contributed by atoms with van der Waals surface area (Å²) in [5.41, 5.74) is 0.249. The second-order valence-electron chi connectivity index (χ2n) is 4.74. The lowest BCUT2D eigenvalue weighted by atomic mass is 9.74. The lowest BCUT2D eigenvalue weighted by molar-refractivity contribution is 0.145. The van der Waals surface area contributed by atoms with Crippen LogP contribution in [0.25, 0.3) is 0 Å². The number of rotatable bonds is 5. The van der Waals surface area contributed by atoms with Crippen LogP contribution in [0.4, 0.5) is 0 Å². The molecule has 0 bridgehead atoms. The van der Waals surface area contributed by atoms with E-state index in [0.717, 1.165) is 12.3 Å². The highest BCUT2D eigenvalue weighted by Crippen LogP contribution is 2.35. The summed E-state index contributed by atoms with van der Waals surface area (Å²) in [6.45, 7) is 2.59. The molecule has 84 valence electrons. The number of aliphatic hydroxyl groups excluding tert-OH is 1. The molecule has 0 radical (unpaired) electrons. The Morgan fingerprint density at radius 2 is 2.00 bits per heavy atom. The van der Waals surface area contributed by atoms with Gasteiger partial charge in [-0.1, -0.05) is 19.8 Å². The summed E-state index contributed by atoms with van der Waals surface area (Å²) in [6.07, 6.45) is 8.80. The predicted molar refractivity (Wildman–Crippen MR) is 60.4 cm³/mol. The first-order valence-corrected chi connectivity index (χ1v) is 6.06. The van der Waals surface area contributed by atoms with Gasteiger partial charge in [-0.2, -0.15) is 0 Å². The Hall–Kier alpha value is -0.0800. The van der Waals surface area contributed by atoms with Crippen molar-refractivity contribution in [2.75, 3.05) is 13.7 Å². The highest BCUT2D eigenvalue weighted by atomic mass is 16.3. The molecule has 0 amide bonds. The third kappa shape index (κ3) is 2.96. The average molecular weight is 199 g/mol. The van der Waals surface area contributed by atoms with E-state index in [1.165, 1.54) is 38.5 Å². The topological polar surface area (TPSA) is 32.3 Å². The van der Waals surface area contributed by atoms with Crippen LogP contribution in [0.3, 0.4) is 0 Å². The van der Waals surface area contributed by atoms with Crippen LogP contribution in [-0.4, -0.2) is 24.3 Å². The van der Waals surface area contributed by atoms with Gasteiger partial charge in [-0.05, 0) is 45.1 Å². The van der Waals surface area contributed by atoms with E-state index in [1.54, 1.807) is 0 Å². The minimum absolute atomic E-state index is 0.249. The fraction of sp³-hybridized carbons (Fsp3) is 1.00. The standard InChI is InChI=1S/C12H25NO/c1-3-4-11-5-7-12(13-2,8-6-11)9-10-14/h11,13-14H,3-10H2,1-2H3. The summed E-state index contributed by atoms with van der Waals surface area (Å²) in [6, 6.07) is 0.